The molecule has 0 atom stereocenters. The van der Waals surface area contributed by atoms with E-state index in [0.717, 1.165) is 4.90 Å². The molecule has 2 aromatic rings. The second kappa shape index (κ2) is 8.34. The molecule has 0 aromatic heterocycles. The Morgan fingerprint density at radius 1 is 1.11 bits per heavy atom. The lowest BCUT2D eigenvalue weighted by Crippen LogP contribution is -2.30. The van der Waals surface area contributed by atoms with Crippen LogP contribution in [0.2, 0.25) is 0 Å². The number of carbonyl (C=O) groups is 3. The maximum absolute atomic E-state index is 13.0. The quantitative estimate of drug-likeness (QED) is 0.470. The molecule has 0 aliphatic carbocycles. The van der Waals surface area contributed by atoms with Gasteiger partial charge in [0.05, 0.1) is 13.7 Å². The van der Waals surface area contributed by atoms with Crippen LogP contribution in [0.4, 0.5) is 9.18 Å². The van der Waals surface area contributed by atoms with E-state index in [0.29, 0.717) is 16.9 Å². The molecule has 28 heavy (non-hydrogen) atoms. The molecular formula is C20H17FN2O5. The van der Waals surface area contributed by atoms with E-state index in [-0.39, 0.29) is 24.7 Å². The Labute approximate surface area is 160 Å². The summed E-state index contributed by atoms with van der Waals surface area (Å²) in [6.45, 7) is -0.160. The van der Waals surface area contributed by atoms with Crippen molar-refractivity contribution in [3.8, 4) is 5.75 Å². The molecule has 7 nitrogen and oxygen atoms in total. The number of urea groups is 1. The van der Waals surface area contributed by atoms with Gasteiger partial charge in [0.25, 0.3) is 5.91 Å². The van der Waals surface area contributed by atoms with E-state index in [1.54, 1.807) is 24.3 Å². The van der Waals surface area contributed by atoms with Gasteiger partial charge in [0.15, 0.2) is 6.61 Å². The highest BCUT2D eigenvalue weighted by Gasteiger charge is 2.33. The minimum atomic E-state index is -0.543. The Hall–Kier alpha value is -3.68. The van der Waals surface area contributed by atoms with Crippen molar-refractivity contribution in [1.29, 1.82) is 0 Å². The van der Waals surface area contributed by atoms with Gasteiger partial charge in [-0.05, 0) is 41.5 Å². The number of benzene rings is 2. The molecule has 0 radical (unpaired) electrons. The van der Waals surface area contributed by atoms with Gasteiger partial charge < -0.3 is 14.8 Å². The molecule has 8 heteroatoms. The molecular weight excluding hydrogens is 367 g/mol. The van der Waals surface area contributed by atoms with Crippen LogP contribution in [0.15, 0.2) is 54.2 Å². The zero-order chi connectivity index (χ0) is 20.1. The van der Waals surface area contributed by atoms with Crippen molar-refractivity contribution < 1.29 is 28.2 Å². The largest absolute Gasteiger partial charge is 0.482 e. The first-order chi connectivity index (χ1) is 13.5. The summed E-state index contributed by atoms with van der Waals surface area (Å²) in [5.74, 6) is -0.889. The number of ether oxygens (including phenoxy) is 2. The first-order valence-electron chi connectivity index (χ1n) is 8.35. The van der Waals surface area contributed by atoms with E-state index < -0.39 is 17.9 Å². The summed E-state index contributed by atoms with van der Waals surface area (Å²) in [6.07, 6.45) is 1.54. The standard InChI is InChI=1S/C20H17FN2O5/c1-27-18(24)12-28-16-8-4-13(5-9-16)10-17-19(25)23(20(26)22-17)11-14-2-6-15(21)7-3-14/h2-10H,11-12H2,1H3,(H,22,26)/b17-10-. The fourth-order valence-corrected chi connectivity index (χ4v) is 2.52. The van der Waals surface area contributed by atoms with Crippen LogP contribution in [0.25, 0.3) is 6.08 Å². The van der Waals surface area contributed by atoms with E-state index in [1.807, 2.05) is 0 Å². The SMILES string of the molecule is COC(=O)COc1ccc(/C=C2\NC(=O)N(Cc3ccc(F)cc3)C2=O)cc1. The summed E-state index contributed by atoms with van der Waals surface area (Å²) in [5, 5.41) is 2.53. The van der Waals surface area contributed by atoms with Gasteiger partial charge in [0.2, 0.25) is 0 Å². The molecule has 1 heterocycles. The molecule has 0 saturated carbocycles. The molecule has 1 saturated heterocycles. The van der Waals surface area contributed by atoms with Crippen LogP contribution in [0, 0.1) is 5.82 Å². The van der Waals surface area contributed by atoms with Crippen LogP contribution in [-0.2, 0) is 20.9 Å². The highest BCUT2D eigenvalue weighted by molar-refractivity contribution is 6.13. The zero-order valence-corrected chi connectivity index (χ0v) is 15.0. The number of esters is 1. The third kappa shape index (κ3) is 4.53. The molecule has 1 aliphatic heterocycles. The Kier molecular flexibility index (Phi) is 5.69. The van der Waals surface area contributed by atoms with Gasteiger partial charge in [0.1, 0.15) is 17.3 Å². The van der Waals surface area contributed by atoms with Crippen LogP contribution in [0.5, 0.6) is 5.75 Å². The number of halogens is 1. The van der Waals surface area contributed by atoms with Crippen LogP contribution in [0.3, 0.4) is 0 Å². The first-order valence-corrected chi connectivity index (χ1v) is 8.35. The predicted octanol–water partition coefficient (Wildman–Crippen LogP) is 2.47. The van der Waals surface area contributed by atoms with Crippen molar-refractivity contribution in [3.05, 3.63) is 71.2 Å². The fraction of sp³-hybridized carbons (Fsp3) is 0.150. The summed E-state index contributed by atoms with van der Waals surface area (Å²) >= 11 is 0. The maximum Gasteiger partial charge on any atom is 0.343 e. The smallest absolute Gasteiger partial charge is 0.343 e. The number of hydrogen-bond acceptors (Lipinski definition) is 5. The number of nitrogens with zero attached hydrogens (tertiary/aromatic N) is 1. The molecule has 3 rings (SSSR count). The van der Waals surface area contributed by atoms with Gasteiger partial charge in [-0.3, -0.25) is 9.69 Å². The molecule has 2 aromatic carbocycles. The maximum atomic E-state index is 13.0. The van der Waals surface area contributed by atoms with Crippen molar-refractivity contribution in [3.63, 3.8) is 0 Å². The number of nitrogens with one attached hydrogen (secondary N) is 1. The fourth-order valence-electron chi connectivity index (χ4n) is 2.52. The minimum Gasteiger partial charge on any atom is -0.482 e. The third-order valence-electron chi connectivity index (χ3n) is 3.99. The molecule has 0 unspecified atom stereocenters. The lowest BCUT2D eigenvalue weighted by atomic mass is 10.1. The van der Waals surface area contributed by atoms with Crippen LogP contribution in [-0.4, -0.2) is 36.5 Å². The number of imide groups is 1. The summed E-state index contributed by atoms with van der Waals surface area (Å²) in [6, 6.07) is 11.7. The topological polar surface area (TPSA) is 84.9 Å². The molecule has 144 valence electrons. The van der Waals surface area contributed by atoms with Gasteiger partial charge in [-0.1, -0.05) is 24.3 Å². The molecule has 1 fully saturated rings. The Bertz CT molecular complexity index is 923. The highest BCUT2D eigenvalue weighted by Crippen LogP contribution is 2.19. The summed E-state index contributed by atoms with van der Waals surface area (Å²) in [4.78, 5) is 36.7. The van der Waals surface area contributed by atoms with Crippen LogP contribution < -0.4 is 10.1 Å². The van der Waals surface area contributed by atoms with Crippen molar-refractivity contribution in [2.45, 2.75) is 6.54 Å². The highest BCUT2D eigenvalue weighted by atomic mass is 19.1. The molecule has 1 aliphatic rings. The van der Waals surface area contributed by atoms with Gasteiger partial charge in [-0.25, -0.2) is 14.0 Å². The summed E-state index contributed by atoms with van der Waals surface area (Å²) in [5.41, 5.74) is 1.44. The number of rotatable bonds is 6. The van der Waals surface area contributed by atoms with Crippen LogP contribution in [0.1, 0.15) is 11.1 Å². The Balaban J connectivity index is 1.67. The Morgan fingerprint density at radius 2 is 1.79 bits per heavy atom. The van der Waals surface area contributed by atoms with Gasteiger partial charge >= 0.3 is 12.0 Å². The van der Waals surface area contributed by atoms with E-state index >= 15 is 0 Å². The van der Waals surface area contributed by atoms with Crippen molar-refractivity contribution >= 4 is 24.0 Å². The van der Waals surface area contributed by atoms with Gasteiger partial charge in [0, 0.05) is 0 Å². The minimum absolute atomic E-state index is 0.0442. The normalized spacial score (nSPS) is 14.9. The van der Waals surface area contributed by atoms with Crippen molar-refractivity contribution in [2.75, 3.05) is 13.7 Å². The number of hydrogen-bond donors (Lipinski definition) is 1. The first kappa shape index (κ1) is 19.1. The Morgan fingerprint density at radius 3 is 2.43 bits per heavy atom. The number of carbonyl (C=O) groups excluding carboxylic acids is 3. The average Bonchev–Trinajstić information content (AvgIpc) is 2.96. The summed E-state index contributed by atoms with van der Waals surface area (Å²) < 4.78 is 22.7. The van der Waals surface area contributed by atoms with Crippen molar-refractivity contribution in [2.24, 2.45) is 0 Å². The average molecular weight is 384 g/mol. The monoisotopic (exact) mass is 384 g/mol. The van der Waals surface area contributed by atoms with E-state index in [1.165, 1.54) is 37.5 Å². The molecule has 0 bridgehead atoms. The molecule has 3 amide bonds. The van der Waals surface area contributed by atoms with E-state index in [2.05, 4.69) is 10.1 Å². The van der Waals surface area contributed by atoms with E-state index in [4.69, 9.17) is 4.74 Å². The molecule has 1 N–H and O–H groups in total. The van der Waals surface area contributed by atoms with Crippen LogP contribution >= 0.6 is 0 Å². The summed E-state index contributed by atoms with van der Waals surface area (Å²) in [7, 11) is 1.27. The lowest BCUT2D eigenvalue weighted by molar-refractivity contribution is -0.142. The second-order valence-corrected chi connectivity index (χ2v) is 5.94. The second-order valence-electron chi connectivity index (χ2n) is 5.94. The number of methoxy groups -OCH3 is 1. The lowest BCUT2D eigenvalue weighted by Gasteiger charge is -2.11. The van der Waals surface area contributed by atoms with E-state index in [9.17, 15) is 18.8 Å². The molecule has 0 spiro atoms. The van der Waals surface area contributed by atoms with Crippen molar-refractivity contribution in [1.82, 2.24) is 10.2 Å². The number of amides is 3. The predicted molar refractivity (Wildman–Crippen MR) is 97.4 cm³/mol. The van der Waals surface area contributed by atoms with Gasteiger partial charge in [-0.15, -0.1) is 0 Å². The third-order valence-corrected chi connectivity index (χ3v) is 3.99. The zero-order valence-electron chi connectivity index (χ0n) is 15.0. The van der Waals surface area contributed by atoms with Gasteiger partial charge in [-0.2, -0.15) is 0 Å².